The van der Waals surface area contributed by atoms with E-state index in [0.29, 0.717) is 17.2 Å². The molecule has 1 atom stereocenters. The number of halogens is 2. The van der Waals surface area contributed by atoms with Gasteiger partial charge in [-0.15, -0.1) is 0 Å². The number of carbonyl (C=O) groups is 1. The maximum absolute atomic E-state index is 11.9. The van der Waals surface area contributed by atoms with Gasteiger partial charge in [-0.1, -0.05) is 33.6 Å². The molecule has 94 valence electrons. The van der Waals surface area contributed by atoms with Gasteiger partial charge in [0.15, 0.2) is 0 Å². The number of methoxy groups -OCH3 is 1. The van der Waals surface area contributed by atoms with E-state index in [2.05, 4.69) is 21.2 Å². The average molecular weight is 321 g/mol. The predicted octanol–water partition coefficient (Wildman–Crippen LogP) is 2.87. The molecule has 0 aromatic heterocycles. The van der Waals surface area contributed by atoms with Crippen molar-refractivity contribution in [1.82, 2.24) is 5.32 Å². The van der Waals surface area contributed by atoms with Crippen LogP contribution in [0.25, 0.3) is 0 Å². The lowest BCUT2D eigenvalue weighted by atomic mass is 10.2. The summed E-state index contributed by atoms with van der Waals surface area (Å²) >= 11 is 9.19. The molecule has 0 saturated heterocycles. The Morgan fingerprint density at radius 3 is 2.94 bits per heavy atom. The van der Waals surface area contributed by atoms with Crippen LogP contribution in [0.5, 0.6) is 0 Å². The second-order valence-electron chi connectivity index (χ2n) is 3.61. The van der Waals surface area contributed by atoms with Gasteiger partial charge in [0.05, 0.1) is 12.6 Å². The summed E-state index contributed by atoms with van der Waals surface area (Å²) in [5, 5.41) is 4.28. The highest BCUT2D eigenvalue weighted by molar-refractivity contribution is 9.09. The number of nitrogens with one attached hydrogen (secondary N) is 1. The van der Waals surface area contributed by atoms with Crippen molar-refractivity contribution >= 4 is 33.4 Å². The molecule has 1 aromatic rings. The first-order valence-corrected chi connectivity index (χ1v) is 6.78. The highest BCUT2D eigenvalue weighted by Crippen LogP contribution is 2.11. The van der Waals surface area contributed by atoms with Gasteiger partial charge in [0.25, 0.3) is 5.91 Å². The molecule has 1 amide bonds. The number of rotatable bonds is 6. The molecule has 17 heavy (non-hydrogen) atoms. The molecule has 3 nitrogen and oxygen atoms in total. The van der Waals surface area contributed by atoms with Gasteiger partial charge in [0.2, 0.25) is 0 Å². The van der Waals surface area contributed by atoms with Crippen LogP contribution in [0.15, 0.2) is 24.3 Å². The number of hydrogen-bond donors (Lipinski definition) is 1. The molecular weight excluding hydrogens is 305 g/mol. The van der Waals surface area contributed by atoms with E-state index in [0.717, 1.165) is 11.8 Å². The Kier molecular flexibility index (Phi) is 6.55. The predicted molar refractivity (Wildman–Crippen MR) is 73.0 cm³/mol. The highest BCUT2D eigenvalue weighted by Gasteiger charge is 2.13. The van der Waals surface area contributed by atoms with Crippen LogP contribution in [-0.4, -0.2) is 31.0 Å². The molecule has 0 aliphatic carbocycles. The normalized spacial score (nSPS) is 12.2. The lowest BCUT2D eigenvalue weighted by Crippen LogP contribution is -2.38. The van der Waals surface area contributed by atoms with Crippen molar-refractivity contribution in [3.63, 3.8) is 0 Å². The van der Waals surface area contributed by atoms with Crippen molar-refractivity contribution < 1.29 is 9.53 Å². The van der Waals surface area contributed by atoms with E-state index >= 15 is 0 Å². The third-order valence-corrected chi connectivity index (χ3v) is 2.94. The van der Waals surface area contributed by atoms with Gasteiger partial charge >= 0.3 is 0 Å². The van der Waals surface area contributed by atoms with Gasteiger partial charge in [0.1, 0.15) is 0 Å². The SMILES string of the molecule is COCC(CCBr)NC(=O)c1cccc(Cl)c1. The van der Waals surface area contributed by atoms with E-state index in [1.165, 1.54) is 0 Å². The average Bonchev–Trinajstić information content (AvgIpc) is 2.29. The Morgan fingerprint density at radius 2 is 2.35 bits per heavy atom. The number of amides is 1. The minimum absolute atomic E-state index is 0.00542. The summed E-state index contributed by atoms with van der Waals surface area (Å²) in [6.07, 6.45) is 0.820. The second-order valence-corrected chi connectivity index (χ2v) is 4.84. The van der Waals surface area contributed by atoms with Gasteiger partial charge in [-0.25, -0.2) is 0 Å². The maximum Gasteiger partial charge on any atom is 0.251 e. The number of hydrogen-bond acceptors (Lipinski definition) is 2. The Labute approximate surface area is 115 Å². The molecule has 1 rings (SSSR count). The van der Waals surface area contributed by atoms with Crippen molar-refractivity contribution in [3.8, 4) is 0 Å². The molecule has 0 aliphatic rings. The van der Waals surface area contributed by atoms with Crippen LogP contribution in [0.3, 0.4) is 0 Å². The third-order valence-electron chi connectivity index (χ3n) is 2.25. The number of alkyl halides is 1. The molecule has 5 heteroatoms. The Hall–Kier alpha value is -0.580. The molecular formula is C12H15BrClNO2. The van der Waals surface area contributed by atoms with Gasteiger partial charge < -0.3 is 10.1 Å². The van der Waals surface area contributed by atoms with Crippen molar-refractivity contribution in [1.29, 1.82) is 0 Å². The fourth-order valence-electron chi connectivity index (χ4n) is 1.43. The summed E-state index contributed by atoms with van der Waals surface area (Å²) in [5.41, 5.74) is 0.563. The molecule has 1 aromatic carbocycles. The minimum Gasteiger partial charge on any atom is -0.383 e. The zero-order valence-corrected chi connectivity index (χ0v) is 11.9. The maximum atomic E-state index is 11.9. The Balaban J connectivity index is 2.63. The summed E-state index contributed by atoms with van der Waals surface area (Å²) < 4.78 is 5.06. The van der Waals surface area contributed by atoms with Crippen molar-refractivity contribution in [2.24, 2.45) is 0 Å². The van der Waals surface area contributed by atoms with Crippen LogP contribution < -0.4 is 5.32 Å². The van der Waals surface area contributed by atoms with E-state index < -0.39 is 0 Å². The standard InChI is InChI=1S/C12H15BrClNO2/c1-17-8-11(5-6-13)15-12(16)9-3-2-4-10(14)7-9/h2-4,7,11H,5-6,8H2,1H3,(H,15,16). The zero-order valence-electron chi connectivity index (χ0n) is 9.58. The molecule has 0 radical (unpaired) electrons. The van der Waals surface area contributed by atoms with Crippen molar-refractivity contribution in [3.05, 3.63) is 34.9 Å². The summed E-state index contributed by atoms with van der Waals surface area (Å²) in [7, 11) is 1.62. The van der Waals surface area contributed by atoms with Crippen LogP contribution in [0.4, 0.5) is 0 Å². The van der Waals surface area contributed by atoms with Crippen LogP contribution >= 0.6 is 27.5 Å². The van der Waals surface area contributed by atoms with E-state index in [9.17, 15) is 4.79 Å². The van der Waals surface area contributed by atoms with E-state index in [1.54, 1.807) is 31.4 Å². The smallest absolute Gasteiger partial charge is 0.251 e. The van der Waals surface area contributed by atoms with E-state index in [4.69, 9.17) is 16.3 Å². The van der Waals surface area contributed by atoms with Crippen LogP contribution in [-0.2, 0) is 4.74 Å². The second kappa shape index (κ2) is 7.69. The molecule has 1 N–H and O–H groups in total. The number of benzene rings is 1. The third kappa shape index (κ3) is 5.06. The summed E-state index contributed by atoms with van der Waals surface area (Å²) in [5.74, 6) is -0.129. The molecule has 0 aliphatic heterocycles. The van der Waals surface area contributed by atoms with E-state index in [-0.39, 0.29) is 11.9 Å². The molecule has 1 unspecified atom stereocenters. The van der Waals surface area contributed by atoms with Gasteiger partial charge in [-0.05, 0) is 24.6 Å². The van der Waals surface area contributed by atoms with Gasteiger partial charge in [-0.3, -0.25) is 4.79 Å². The first-order valence-electron chi connectivity index (χ1n) is 5.28. The molecule has 0 fully saturated rings. The monoisotopic (exact) mass is 319 g/mol. The quantitative estimate of drug-likeness (QED) is 0.819. The van der Waals surface area contributed by atoms with E-state index in [1.807, 2.05) is 0 Å². The number of ether oxygens (including phenoxy) is 1. The topological polar surface area (TPSA) is 38.3 Å². The summed E-state index contributed by atoms with van der Waals surface area (Å²) in [4.78, 5) is 11.9. The van der Waals surface area contributed by atoms with Crippen molar-refractivity contribution in [2.45, 2.75) is 12.5 Å². The lowest BCUT2D eigenvalue weighted by molar-refractivity contribution is 0.0895. The van der Waals surface area contributed by atoms with Crippen molar-refractivity contribution in [2.75, 3.05) is 19.0 Å². The Morgan fingerprint density at radius 1 is 1.59 bits per heavy atom. The Bertz CT molecular complexity index is 367. The first-order chi connectivity index (χ1) is 8.17. The fourth-order valence-corrected chi connectivity index (χ4v) is 2.17. The lowest BCUT2D eigenvalue weighted by Gasteiger charge is -2.16. The fraction of sp³-hybridized carbons (Fsp3) is 0.417. The number of carbonyl (C=O) groups excluding carboxylic acids is 1. The largest absolute Gasteiger partial charge is 0.383 e. The minimum atomic E-state index is -0.129. The zero-order chi connectivity index (χ0) is 12.7. The summed E-state index contributed by atoms with van der Waals surface area (Å²) in [6.45, 7) is 0.498. The molecule has 0 spiro atoms. The first kappa shape index (κ1) is 14.5. The summed E-state index contributed by atoms with van der Waals surface area (Å²) in [6, 6.07) is 6.88. The molecule has 0 bridgehead atoms. The van der Waals surface area contributed by atoms with Gasteiger partial charge in [0, 0.05) is 23.0 Å². The molecule has 0 heterocycles. The molecule has 0 saturated carbocycles. The van der Waals surface area contributed by atoms with Crippen LogP contribution in [0.1, 0.15) is 16.8 Å². The van der Waals surface area contributed by atoms with Crippen LogP contribution in [0.2, 0.25) is 5.02 Å². The van der Waals surface area contributed by atoms with Crippen LogP contribution in [0, 0.1) is 0 Å². The van der Waals surface area contributed by atoms with Gasteiger partial charge in [-0.2, -0.15) is 0 Å². The highest BCUT2D eigenvalue weighted by atomic mass is 79.9.